The van der Waals surface area contributed by atoms with Crippen LogP contribution in [0.25, 0.3) is 0 Å². The van der Waals surface area contributed by atoms with Crippen molar-refractivity contribution >= 4 is 11.9 Å². The van der Waals surface area contributed by atoms with Crippen LogP contribution in [0.2, 0.25) is 0 Å². The summed E-state index contributed by atoms with van der Waals surface area (Å²) in [6.07, 6.45) is 2.76. The van der Waals surface area contributed by atoms with Gasteiger partial charge in [0.25, 0.3) is 0 Å². The summed E-state index contributed by atoms with van der Waals surface area (Å²) in [5.41, 5.74) is 0.659. The van der Waals surface area contributed by atoms with Crippen LogP contribution in [0.5, 0.6) is 0 Å². The van der Waals surface area contributed by atoms with Crippen molar-refractivity contribution in [2.75, 3.05) is 7.11 Å². The molecule has 0 saturated carbocycles. The van der Waals surface area contributed by atoms with Gasteiger partial charge in [-0.3, -0.25) is 4.79 Å². The van der Waals surface area contributed by atoms with E-state index in [2.05, 4.69) is 15.4 Å². The number of aromatic nitrogens is 3. The molecule has 0 aliphatic carbocycles. The molecule has 1 heterocycles. The number of hydrogen-bond acceptors (Lipinski definition) is 5. The van der Waals surface area contributed by atoms with Crippen LogP contribution in [0, 0.1) is 0 Å². The third-order valence-corrected chi connectivity index (χ3v) is 2.65. The van der Waals surface area contributed by atoms with Gasteiger partial charge >= 0.3 is 5.97 Å². The number of rotatable bonds is 5. The fourth-order valence-corrected chi connectivity index (χ4v) is 1.71. The monoisotopic (exact) mass is 274 g/mol. The molecule has 0 radical (unpaired) electrons. The van der Waals surface area contributed by atoms with Crippen LogP contribution in [0.15, 0.2) is 43.0 Å². The molecule has 0 fully saturated rings. The molecule has 0 spiro atoms. The predicted octanol–water partition coefficient (Wildman–Crippen LogP) is 0.309. The Morgan fingerprint density at radius 3 is 2.70 bits per heavy atom. The molecule has 0 aliphatic rings. The summed E-state index contributed by atoms with van der Waals surface area (Å²) in [6, 6.07) is 8.06. The van der Waals surface area contributed by atoms with Gasteiger partial charge in [0.1, 0.15) is 19.2 Å². The number of esters is 1. The van der Waals surface area contributed by atoms with Crippen LogP contribution in [-0.2, 0) is 20.9 Å². The molecule has 0 aliphatic heterocycles. The Labute approximate surface area is 115 Å². The van der Waals surface area contributed by atoms with Crippen LogP contribution >= 0.6 is 0 Å². The third-order valence-electron chi connectivity index (χ3n) is 2.65. The average Bonchev–Trinajstić information content (AvgIpc) is 2.97. The summed E-state index contributed by atoms with van der Waals surface area (Å²) < 4.78 is 6.08. The van der Waals surface area contributed by atoms with Crippen LogP contribution in [-0.4, -0.2) is 33.8 Å². The Hall–Kier alpha value is -2.70. The number of carbonyl (C=O) groups is 2. The van der Waals surface area contributed by atoms with Crippen LogP contribution in [0.1, 0.15) is 11.6 Å². The first-order valence-electron chi connectivity index (χ1n) is 5.95. The number of nitrogens with one attached hydrogen (secondary N) is 1. The average molecular weight is 274 g/mol. The van der Waals surface area contributed by atoms with Gasteiger partial charge in [-0.15, -0.1) is 0 Å². The van der Waals surface area contributed by atoms with Gasteiger partial charge in [-0.1, -0.05) is 30.3 Å². The van der Waals surface area contributed by atoms with E-state index in [1.165, 1.54) is 24.4 Å². The molecule has 1 N–H and O–H groups in total. The van der Waals surface area contributed by atoms with Crippen LogP contribution in [0.3, 0.4) is 0 Å². The van der Waals surface area contributed by atoms with Crippen molar-refractivity contribution in [1.82, 2.24) is 20.1 Å². The maximum absolute atomic E-state index is 11.9. The largest absolute Gasteiger partial charge is 0.467 e. The Balaban J connectivity index is 2.08. The fourth-order valence-electron chi connectivity index (χ4n) is 1.71. The molecule has 0 saturated heterocycles. The second-order valence-corrected chi connectivity index (χ2v) is 4.03. The first-order chi connectivity index (χ1) is 9.70. The third kappa shape index (κ3) is 3.41. The summed E-state index contributed by atoms with van der Waals surface area (Å²) in [5, 5.41) is 6.45. The highest BCUT2D eigenvalue weighted by molar-refractivity contribution is 5.85. The van der Waals surface area contributed by atoms with E-state index in [1.54, 1.807) is 24.3 Å². The van der Waals surface area contributed by atoms with Crippen molar-refractivity contribution in [2.45, 2.75) is 12.6 Å². The van der Waals surface area contributed by atoms with Gasteiger partial charge in [0, 0.05) is 0 Å². The lowest BCUT2D eigenvalue weighted by Gasteiger charge is -2.16. The number of benzene rings is 1. The lowest BCUT2D eigenvalue weighted by atomic mass is 10.1. The van der Waals surface area contributed by atoms with Gasteiger partial charge in [-0.25, -0.2) is 14.5 Å². The Morgan fingerprint density at radius 1 is 1.35 bits per heavy atom. The minimum absolute atomic E-state index is 0.0136. The van der Waals surface area contributed by atoms with E-state index in [9.17, 15) is 9.59 Å². The second-order valence-electron chi connectivity index (χ2n) is 4.03. The van der Waals surface area contributed by atoms with Crippen molar-refractivity contribution in [2.24, 2.45) is 0 Å². The fraction of sp³-hybridized carbons (Fsp3) is 0.231. The zero-order chi connectivity index (χ0) is 14.4. The van der Waals surface area contributed by atoms with Crippen molar-refractivity contribution in [3.63, 3.8) is 0 Å². The van der Waals surface area contributed by atoms with Crippen molar-refractivity contribution in [3.05, 3.63) is 48.5 Å². The molecule has 1 unspecified atom stereocenters. The first kappa shape index (κ1) is 13.7. The maximum atomic E-state index is 11.9. The van der Waals surface area contributed by atoms with Crippen molar-refractivity contribution in [1.29, 1.82) is 0 Å². The van der Waals surface area contributed by atoms with E-state index >= 15 is 0 Å². The van der Waals surface area contributed by atoms with E-state index in [4.69, 9.17) is 4.74 Å². The maximum Gasteiger partial charge on any atom is 0.333 e. The van der Waals surface area contributed by atoms with Crippen molar-refractivity contribution < 1.29 is 14.3 Å². The normalized spacial score (nSPS) is 11.7. The number of hydrogen-bond donors (Lipinski definition) is 1. The highest BCUT2D eigenvalue weighted by atomic mass is 16.5. The Bertz CT molecular complexity index is 569. The molecule has 104 valence electrons. The van der Waals surface area contributed by atoms with E-state index in [0.717, 1.165) is 0 Å². The highest BCUT2D eigenvalue weighted by Crippen LogP contribution is 2.13. The van der Waals surface area contributed by atoms with Crippen molar-refractivity contribution in [3.8, 4) is 0 Å². The van der Waals surface area contributed by atoms with Gasteiger partial charge in [-0.2, -0.15) is 5.10 Å². The summed E-state index contributed by atoms with van der Waals surface area (Å²) in [4.78, 5) is 27.4. The second kappa shape index (κ2) is 6.46. The number of amides is 1. The van der Waals surface area contributed by atoms with Gasteiger partial charge < -0.3 is 10.1 Å². The summed E-state index contributed by atoms with van der Waals surface area (Å²) in [5.74, 6) is -0.877. The molecule has 7 heteroatoms. The lowest BCUT2D eigenvalue weighted by molar-refractivity contribution is -0.145. The molecule has 1 amide bonds. The van der Waals surface area contributed by atoms with E-state index in [-0.39, 0.29) is 12.5 Å². The van der Waals surface area contributed by atoms with E-state index < -0.39 is 12.0 Å². The molecule has 1 atom stereocenters. The smallest absolute Gasteiger partial charge is 0.333 e. The Morgan fingerprint density at radius 2 is 2.10 bits per heavy atom. The molecule has 2 aromatic rings. The molecular weight excluding hydrogens is 260 g/mol. The zero-order valence-electron chi connectivity index (χ0n) is 10.9. The predicted molar refractivity (Wildman–Crippen MR) is 69.4 cm³/mol. The molecule has 7 nitrogen and oxygen atoms in total. The SMILES string of the molecule is COC(=O)C(NC(=O)Cn1cncn1)c1ccccc1. The molecule has 20 heavy (non-hydrogen) atoms. The first-order valence-corrected chi connectivity index (χ1v) is 5.95. The molecule has 0 bridgehead atoms. The molecule has 2 rings (SSSR count). The van der Waals surface area contributed by atoms with Gasteiger partial charge in [0.15, 0.2) is 6.04 Å². The molecule has 1 aromatic heterocycles. The van der Waals surface area contributed by atoms with Crippen LogP contribution < -0.4 is 5.32 Å². The Kier molecular flexibility index (Phi) is 4.43. The standard InChI is InChI=1S/C13H14N4O3/c1-20-13(19)12(10-5-3-2-4-6-10)16-11(18)7-17-9-14-8-15-17/h2-6,8-9,12H,7H2,1H3,(H,16,18). The van der Waals surface area contributed by atoms with E-state index in [0.29, 0.717) is 5.56 Å². The summed E-state index contributed by atoms with van der Waals surface area (Å²) >= 11 is 0. The number of nitrogens with zero attached hydrogens (tertiary/aromatic N) is 3. The molecular formula is C13H14N4O3. The zero-order valence-corrected chi connectivity index (χ0v) is 10.9. The van der Waals surface area contributed by atoms with Gasteiger partial charge in [-0.05, 0) is 5.56 Å². The minimum Gasteiger partial charge on any atom is -0.467 e. The van der Waals surface area contributed by atoms with E-state index in [1.807, 2.05) is 6.07 Å². The minimum atomic E-state index is -0.836. The lowest BCUT2D eigenvalue weighted by Crippen LogP contribution is -2.36. The van der Waals surface area contributed by atoms with Gasteiger partial charge in [0.2, 0.25) is 5.91 Å². The molecule has 1 aromatic carbocycles. The van der Waals surface area contributed by atoms with Crippen LogP contribution in [0.4, 0.5) is 0 Å². The number of carbonyl (C=O) groups excluding carboxylic acids is 2. The van der Waals surface area contributed by atoms with Gasteiger partial charge in [0.05, 0.1) is 7.11 Å². The topological polar surface area (TPSA) is 86.1 Å². The summed E-state index contributed by atoms with van der Waals surface area (Å²) in [6.45, 7) is -0.0136. The quantitative estimate of drug-likeness (QED) is 0.793. The highest BCUT2D eigenvalue weighted by Gasteiger charge is 2.23. The number of methoxy groups -OCH3 is 1. The number of ether oxygens (including phenoxy) is 1. The summed E-state index contributed by atoms with van der Waals surface area (Å²) in [7, 11) is 1.28.